The van der Waals surface area contributed by atoms with Gasteiger partial charge in [-0.2, -0.15) is 0 Å². The summed E-state index contributed by atoms with van der Waals surface area (Å²) < 4.78 is 27.8. The van der Waals surface area contributed by atoms with Crippen molar-refractivity contribution in [1.29, 1.82) is 0 Å². The van der Waals surface area contributed by atoms with E-state index in [-0.39, 0.29) is 24.2 Å². The second kappa shape index (κ2) is 10.3. The summed E-state index contributed by atoms with van der Waals surface area (Å²) in [6, 6.07) is 0. The number of hydrogen-bond donors (Lipinski definition) is 1. The number of carbonyl (C=O) groups excluding carboxylic acids is 1. The first kappa shape index (κ1) is 22.8. The van der Waals surface area contributed by atoms with Crippen LogP contribution in [-0.2, 0) is 25.2 Å². The van der Waals surface area contributed by atoms with Crippen LogP contribution in [0.4, 0.5) is 5.82 Å². The highest BCUT2D eigenvalue weighted by Gasteiger charge is 2.28. The van der Waals surface area contributed by atoms with Crippen molar-refractivity contribution < 1.29 is 18.6 Å². The maximum Gasteiger partial charge on any atom is 0.297 e. The summed E-state index contributed by atoms with van der Waals surface area (Å²) in [6.45, 7) is 4.08. The third kappa shape index (κ3) is 5.99. The van der Waals surface area contributed by atoms with Gasteiger partial charge in [0.1, 0.15) is 18.2 Å². The van der Waals surface area contributed by atoms with E-state index >= 15 is 0 Å². The van der Waals surface area contributed by atoms with Crippen LogP contribution in [0.25, 0.3) is 11.2 Å². The monoisotopic (exact) mass is 430 g/mol. The molecule has 0 aliphatic heterocycles. The van der Waals surface area contributed by atoms with Gasteiger partial charge in [0.25, 0.3) is 7.52 Å². The van der Waals surface area contributed by atoms with E-state index in [1.165, 1.54) is 17.9 Å². The second-order valence-corrected chi connectivity index (χ2v) is 10.2. The second-order valence-electron chi connectivity index (χ2n) is 6.31. The molecule has 2 atom stereocenters. The van der Waals surface area contributed by atoms with E-state index in [0.717, 1.165) is 11.8 Å². The summed E-state index contributed by atoms with van der Waals surface area (Å²) in [5.41, 5.74) is 1.38. The fourth-order valence-corrected chi connectivity index (χ4v) is 4.32. The van der Waals surface area contributed by atoms with E-state index in [9.17, 15) is 9.36 Å². The lowest BCUT2D eigenvalue weighted by Gasteiger charge is -2.26. The molecule has 0 saturated carbocycles. The molecule has 0 aliphatic rings. The van der Waals surface area contributed by atoms with Crippen LogP contribution in [0, 0.1) is 0 Å². The summed E-state index contributed by atoms with van der Waals surface area (Å²) in [5, 5.41) is 2.99. The minimum absolute atomic E-state index is 0.00551. The maximum absolute atomic E-state index is 13.0. The maximum atomic E-state index is 13.0. The van der Waals surface area contributed by atoms with Gasteiger partial charge < -0.3 is 19.1 Å². The highest BCUT2D eigenvalue weighted by atomic mass is 32.2. The number of aromatic nitrogens is 4. The molecule has 1 N–H and O–H groups in total. The largest absolute Gasteiger partial charge is 0.371 e. The van der Waals surface area contributed by atoms with E-state index in [1.54, 1.807) is 27.5 Å². The molecule has 10 nitrogen and oxygen atoms in total. The molecule has 0 aromatic carbocycles. The van der Waals surface area contributed by atoms with Crippen molar-refractivity contribution in [3.05, 3.63) is 12.7 Å². The zero-order chi connectivity index (χ0) is 20.7. The van der Waals surface area contributed by atoms with Gasteiger partial charge in [0.2, 0.25) is 0 Å². The normalized spacial score (nSPS) is 14.9. The summed E-state index contributed by atoms with van der Waals surface area (Å²) in [5.74, 6) is 1.11. The minimum Gasteiger partial charge on any atom is -0.371 e. The number of anilines is 1. The van der Waals surface area contributed by atoms with Gasteiger partial charge in [0, 0.05) is 19.7 Å². The number of carbonyl (C=O) groups is 1. The molecule has 0 amide bonds. The molecule has 0 bridgehead atoms. The van der Waals surface area contributed by atoms with E-state index in [0.29, 0.717) is 29.3 Å². The van der Waals surface area contributed by atoms with Crippen molar-refractivity contribution in [2.24, 2.45) is 0 Å². The van der Waals surface area contributed by atoms with Crippen LogP contribution in [-0.4, -0.2) is 75.3 Å². The van der Waals surface area contributed by atoms with Crippen molar-refractivity contribution in [3.63, 3.8) is 0 Å². The third-order valence-corrected chi connectivity index (χ3v) is 6.96. The molecule has 2 unspecified atom stereocenters. The molecular weight excluding hydrogens is 403 g/mol. The molecule has 156 valence electrons. The van der Waals surface area contributed by atoms with Gasteiger partial charge in [-0.1, -0.05) is 11.8 Å². The van der Waals surface area contributed by atoms with Crippen LogP contribution in [0.2, 0.25) is 0 Å². The Balaban J connectivity index is 1.95. The van der Waals surface area contributed by atoms with E-state index in [2.05, 4.69) is 20.3 Å². The number of imidazole rings is 1. The van der Waals surface area contributed by atoms with Crippen LogP contribution >= 0.6 is 19.3 Å². The van der Waals surface area contributed by atoms with Gasteiger partial charge in [-0.3, -0.25) is 9.36 Å². The molecule has 28 heavy (non-hydrogen) atoms. The quantitative estimate of drug-likeness (QED) is 0.421. The molecule has 2 rings (SSSR count). The van der Waals surface area contributed by atoms with Crippen molar-refractivity contribution in [1.82, 2.24) is 24.2 Å². The zero-order valence-corrected chi connectivity index (χ0v) is 18.5. The van der Waals surface area contributed by atoms with Gasteiger partial charge in [0.15, 0.2) is 16.6 Å². The topological polar surface area (TPSA) is 111 Å². The number of rotatable bonds is 11. The first-order chi connectivity index (χ1) is 13.3. The van der Waals surface area contributed by atoms with Gasteiger partial charge in [0.05, 0.1) is 25.6 Å². The number of fused-ring (bicyclic) bond motifs is 1. The van der Waals surface area contributed by atoms with Gasteiger partial charge in [-0.25, -0.2) is 19.6 Å². The molecule has 0 saturated heterocycles. The van der Waals surface area contributed by atoms with E-state index in [4.69, 9.17) is 9.26 Å². The Labute approximate surface area is 168 Å². The standard InChI is InChI=1S/C16H27N6O4PS/c1-12(8-22-10-20-14-15(17-3)18-9-19-16(14)22)25-11-27(24,21(4)5)26-6-7-28-13(2)23/h9-10,12H,6-8,11H2,1-5H3,(H,17,18,19). The number of nitrogens with zero attached hydrogens (tertiary/aromatic N) is 5. The number of nitrogens with one attached hydrogen (secondary N) is 1. The van der Waals surface area contributed by atoms with E-state index in [1.807, 2.05) is 11.5 Å². The van der Waals surface area contributed by atoms with Gasteiger partial charge >= 0.3 is 0 Å². The average molecular weight is 430 g/mol. The Kier molecular flexibility index (Phi) is 8.38. The number of hydrogen-bond acceptors (Lipinski definition) is 9. The molecule has 12 heteroatoms. The van der Waals surface area contributed by atoms with Crippen LogP contribution in [0.5, 0.6) is 0 Å². The fourth-order valence-electron chi connectivity index (χ4n) is 2.38. The Hall–Kier alpha value is -1.52. The Morgan fingerprint density at radius 3 is 2.79 bits per heavy atom. The highest BCUT2D eigenvalue weighted by Crippen LogP contribution is 2.49. The third-order valence-electron chi connectivity index (χ3n) is 3.91. The molecule has 0 fully saturated rings. The zero-order valence-electron chi connectivity index (χ0n) is 16.8. The minimum atomic E-state index is -3.13. The predicted octanol–water partition coefficient (Wildman–Crippen LogP) is 2.28. The van der Waals surface area contributed by atoms with Gasteiger partial charge in [-0.15, -0.1) is 0 Å². The summed E-state index contributed by atoms with van der Waals surface area (Å²) >= 11 is 1.14. The Morgan fingerprint density at radius 2 is 2.14 bits per heavy atom. The summed E-state index contributed by atoms with van der Waals surface area (Å²) in [7, 11) is 2.02. The lowest BCUT2D eigenvalue weighted by molar-refractivity contribution is -0.109. The predicted molar refractivity (Wildman–Crippen MR) is 111 cm³/mol. The first-order valence-electron chi connectivity index (χ1n) is 8.76. The highest BCUT2D eigenvalue weighted by molar-refractivity contribution is 8.13. The van der Waals surface area contributed by atoms with Crippen LogP contribution < -0.4 is 5.32 Å². The number of thioether (sulfide) groups is 1. The molecule has 2 aromatic rings. The molecule has 0 aliphatic carbocycles. The van der Waals surface area contributed by atoms with Gasteiger partial charge in [-0.05, 0) is 21.0 Å². The molecule has 2 heterocycles. The molecule has 0 spiro atoms. The molecule has 0 radical (unpaired) electrons. The number of ether oxygens (including phenoxy) is 1. The van der Waals surface area contributed by atoms with Crippen molar-refractivity contribution in [2.75, 3.05) is 45.2 Å². The molecule has 2 aromatic heterocycles. The Bertz CT molecular complexity index is 846. The Morgan fingerprint density at radius 1 is 1.39 bits per heavy atom. The van der Waals surface area contributed by atoms with Crippen molar-refractivity contribution in [3.8, 4) is 0 Å². The van der Waals surface area contributed by atoms with Crippen LogP contribution in [0.1, 0.15) is 13.8 Å². The van der Waals surface area contributed by atoms with Crippen molar-refractivity contribution in [2.45, 2.75) is 26.5 Å². The van der Waals surface area contributed by atoms with E-state index < -0.39 is 7.52 Å². The van der Waals surface area contributed by atoms with Crippen LogP contribution in [0.15, 0.2) is 12.7 Å². The average Bonchev–Trinajstić information content (AvgIpc) is 3.06. The smallest absolute Gasteiger partial charge is 0.297 e. The summed E-state index contributed by atoms with van der Waals surface area (Å²) in [6.07, 6.45) is 2.87. The van der Waals surface area contributed by atoms with Crippen molar-refractivity contribution >= 4 is 41.4 Å². The summed E-state index contributed by atoms with van der Waals surface area (Å²) in [4.78, 5) is 23.8. The van der Waals surface area contributed by atoms with Crippen LogP contribution in [0.3, 0.4) is 0 Å². The fraction of sp³-hybridized carbons (Fsp3) is 0.625. The lowest BCUT2D eigenvalue weighted by Crippen LogP contribution is -2.22. The first-order valence-corrected chi connectivity index (χ1v) is 11.5. The SMILES string of the molecule is CNc1ncnc2c1ncn2CC(C)OCP(=O)(OCCSC(C)=O)N(C)C. The lowest BCUT2D eigenvalue weighted by atomic mass is 10.4. The molecular formula is C16H27N6O4PS.